The Labute approximate surface area is 182 Å². The molecule has 6 heteroatoms. The van der Waals surface area contributed by atoms with E-state index in [4.69, 9.17) is 9.72 Å². The number of benzene rings is 2. The normalized spacial score (nSPS) is 14.7. The first-order valence-corrected chi connectivity index (χ1v) is 10.6. The second kappa shape index (κ2) is 8.42. The van der Waals surface area contributed by atoms with Gasteiger partial charge in [-0.3, -0.25) is 4.90 Å². The van der Waals surface area contributed by atoms with Crippen LogP contribution in [0.2, 0.25) is 0 Å². The summed E-state index contributed by atoms with van der Waals surface area (Å²) in [7, 11) is 2.05. The Morgan fingerprint density at radius 3 is 2.45 bits per heavy atom. The fraction of sp³-hybridized carbons (Fsp3) is 0.400. The molecule has 0 radical (unpaired) electrons. The van der Waals surface area contributed by atoms with Crippen LogP contribution in [0, 0.1) is 0 Å². The van der Waals surface area contributed by atoms with E-state index in [0.717, 1.165) is 42.2 Å². The molecule has 164 valence electrons. The van der Waals surface area contributed by atoms with Gasteiger partial charge in [0.15, 0.2) is 0 Å². The maximum atomic E-state index is 12.7. The number of nitrogens with zero attached hydrogens (tertiary/aromatic N) is 3. The van der Waals surface area contributed by atoms with Gasteiger partial charge in [-0.05, 0) is 17.0 Å². The van der Waals surface area contributed by atoms with Gasteiger partial charge in [-0.15, -0.1) is 0 Å². The van der Waals surface area contributed by atoms with Gasteiger partial charge in [0.1, 0.15) is 11.6 Å². The van der Waals surface area contributed by atoms with E-state index in [0.29, 0.717) is 6.54 Å². The van der Waals surface area contributed by atoms with Gasteiger partial charge in [0.25, 0.3) is 0 Å². The third kappa shape index (κ3) is 4.64. The molecule has 2 heterocycles. The molecule has 1 aliphatic rings. The summed E-state index contributed by atoms with van der Waals surface area (Å²) in [5.41, 5.74) is 5.58. The molecular weight excluding hydrogens is 396 g/mol. The predicted octanol–water partition coefficient (Wildman–Crippen LogP) is 5.54. The molecule has 0 N–H and O–H groups in total. The molecule has 0 amide bonds. The maximum Gasteiger partial charge on any atom is 0.387 e. The maximum absolute atomic E-state index is 12.7. The molecular formula is C25H29F2N3O. The van der Waals surface area contributed by atoms with Crippen LogP contribution in [0.4, 0.5) is 8.78 Å². The van der Waals surface area contributed by atoms with E-state index in [2.05, 4.69) is 61.6 Å². The van der Waals surface area contributed by atoms with E-state index in [1.54, 1.807) is 12.1 Å². The molecule has 1 aliphatic heterocycles. The number of imidazole rings is 1. The Balaban J connectivity index is 1.54. The second-order valence-corrected chi connectivity index (χ2v) is 9.16. The highest BCUT2D eigenvalue weighted by Gasteiger charge is 2.24. The van der Waals surface area contributed by atoms with Crippen molar-refractivity contribution < 1.29 is 13.5 Å². The predicted molar refractivity (Wildman–Crippen MR) is 118 cm³/mol. The van der Waals surface area contributed by atoms with Crippen molar-refractivity contribution in [2.75, 3.05) is 6.54 Å². The van der Waals surface area contributed by atoms with E-state index in [-0.39, 0.29) is 11.2 Å². The molecule has 2 aromatic carbocycles. The standard InChI is InChI=1S/C25H29F2N3O/c1-25(2,3)19-11-9-17(10-12-19)23-28-20-13-14-30(16-21(20)29(23)4)15-18-7-5-6-8-22(18)31-24(26)27/h5-12,24H,13-16H2,1-4H3. The van der Waals surface area contributed by atoms with Crippen LogP contribution in [-0.4, -0.2) is 27.6 Å². The molecule has 0 saturated carbocycles. The number of fused-ring (bicyclic) bond motifs is 1. The van der Waals surface area contributed by atoms with Gasteiger partial charge in [-0.25, -0.2) is 4.98 Å². The minimum Gasteiger partial charge on any atom is -0.434 e. The van der Waals surface area contributed by atoms with Crippen LogP contribution in [0.25, 0.3) is 11.4 Å². The highest BCUT2D eigenvalue weighted by Crippen LogP contribution is 2.30. The number of para-hydroxylation sites is 1. The fourth-order valence-corrected chi connectivity index (χ4v) is 4.14. The Kier molecular flexibility index (Phi) is 5.84. The van der Waals surface area contributed by atoms with E-state index in [1.807, 2.05) is 12.1 Å². The summed E-state index contributed by atoms with van der Waals surface area (Å²) in [6.45, 7) is 5.92. The fourth-order valence-electron chi connectivity index (χ4n) is 4.14. The van der Waals surface area contributed by atoms with Crippen LogP contribution in [0.5, 0.6) is 5.75 Å². The number of hydrogen-bond acceptors (Lipinski definition) is 3. The van der Waals surface area contributed by atoms with Gasteiger partial charge in [-0.2, -0.15) is 8.78 Å². The van der Waals surface area contributed by atoms with Crippen LogP contribution in [0.3, 0.4) is 0 Å². The van der Waals surface area contributed by atoms with E-state index >= 15 is 0 Å². The molecule has 0 atom stereocenters. The molecule has 3 aromatic rings. The third-order valence-corrected chi connectivity index (χ3v) is 5.93. The zero-order chi connectivity index (χ0) is 22.2. The molecule has 0 saturated heterocycles. The van der Waals surface area contributed by atoms with Crippen molar-refractivity contribution in [2.24, 2.45) is 7.05 Å². The first-order chi connectivity index (χ1) is 14.7. The number of halogens is 2. The summed E-state index contributed by atoms with van der Waals surface area (Å²) in [5.74, 6) is 1.21. The summed E-state index contributed by atoms with van der Waals surface area (Å²) >= 11 is 0. The number of ether oxygens (including phenoxy) is 1. The highest BCUT2D eigenvalue weighted by molar-refractivity contribution is 5.58. The minimum atomic E-state index is -2.82. The lowest BCUT2D eigenvalue weighted by Gasteiger charge is -2.27. The molecule has 0 unspecified atom stereocenters. The van der Waals surface area contributed by atoms with Crippen molar-refractivity contribution >= 4 is 0 Å². The summed E-state index contributed by atoms with van der Waals surface area (Å²) < 4.78 is 32.3. The van der Waals surface area contributed by atoms with E-state index < -0.39 is 6.61 Å². The number of rotatable bonds is 5. The van der Waals surface area contributed by atoms with Crippen molar-refractivity contribution in [3.63, 3.8) is 0 Å². The van der Waals surface area contributed by atoms with Gasteiger partial charge in [-0.1, -0.05) is 63.2 Å². The highest BCUT2D eigenvalue weighted by atomic mass is 19.3. The van der Waals surface area contributed by atoms with E-state index in [9.17, 15) is 8.78 Å². The van der Waals surface area contributed by atoms with Crippen LogP contribution >= 0.6 is 0 Å². The van der Waals surface area contributed by atoms with Crippen molar-refractivity contribution in [3.05, 3.63) is 71.0 Å². The van der Waals surface area contributed by atoms with Crippen LogP contribution < -0.4 is 4.74 Å². The molecule has 0 aliphatic carbocycles. The molecule has 4 nitrogen and oxygen atoms in total. The molecule has 4 rings (SSSR count). The minimum absolute atomic E-state index is 0.115. The number of aromatic nitrogens is 2. The first-order valence-electron chi connectivity index (χ1n) is 10.6. The van der Waals surface area contributed by atoms with Gasteiger partial charge in [0.05, 0.1) is 11.4 Å². The first kappa shape index (κ1) is 21.5. The van der Waals surface area contributed by atoms with Gasteiger partial charge in [0, 0.05) is 44.2 Å². The Morgan fingerprint density at radius 2 is 1.77 bits per heavy atom. The van der Waals surface area contributed by atoms with Gasteiger partial charge < -0.3 is 9.30 Å². The molecule has 31 heavy (non-hydrogen) atoms. The summed E-state index contributed by atoms with van der Waals surface area (Å²) in [6, 6.07) is 15.7. The average molecular weight is 426 g/mol. The van der Waals surface area contributed by atoms with Gasteiger partial charge >= 0.3 is 6.61 Å². The van der Waals surface area contributed by atoms with Crippen molar-refractivity contribution in [1.29, 1.82) is 0 Å². The van der Waals surface area contributed by atoms with Crippen LogP contribution in [0.15, 0.2) is 48.5 Å². The topological polar surface area (TPSA) is 30.3 Å². The quantitative estimate of drug-likeness (QED) is 0.537. The number of alkyl halides is 2. The molecule has 0 fully saturated rings. The molecule has 1 aromatic heterocycles. The lowest BCUT2D eigenvalue weighted by molar-refractivity contribution is -0.0508. The van der Waals surface area contributed by atoms with Crippen molar-refractivity contribution in [2.45, 2.75) is 52.3 Å². The third-order valence-electron chi connectivity index (χ3n) is 5.93. The smallest absolute Gasteiger partial charge is 0.387 e. The summed E-state index contributed by atoms with van der Waals surface area (Å²) in [5, 5.41) is 0. The number of hydrogen-bond donors (Lipinski definition) is 0. The monoisotopic (exact) mass is 425 g/mol. The van der Waals surface area contributed by atoms with Crippen LogP contribution in [0.1, 0.15) is 43.3 Å². The largest absolute Gasteiger partial charge is 0.434 e. The summed E-state index contributed by atoms with van der Waals surface area (Å²) in [6.07, 6.45) is 0.834. The SMILES string of the molecule is Cn1c(-c2ccc(C(C)(C)C)cc2)nc2c1CN(Cc1ccccc1OC(F)F)CC2. The van der Waals surface area contributed by atoms with Crippen molar-refractivity contribution in [1.82, 2.24) is 14.5 Å². The van der Waals surface area contributed by atoms with Crippen LogP contribution in [-0.2, 0) is 32.0 Å². The lowest BCUT2D eigenvalue weighted by Crippen LogP contribution is -2.31. The molecule has 0 bridgehead atoms. The van der Waals surface area contributed by atoms with Crippen molar-refractivity contribution in [3.8, 4) is 17.1 Å². The Morgan fingerprint density at radius 1 is 1.06 bits per heavy atom. The van der Waals surface area contributed by atoms with Gasteiger partial charge in [0.2, 0.25) is 0 Å². The zero-order valence-corrected chi connectivity index (χ0v) is 18.5. The zero-order valence-electron chi connectivity index (χ0n) is 18.5. The Hall–Kier alpha value is -2.73. The summed E-state index contributed by atoms with van der Waals surface area (Å²) in [4.78, 5) is 7.18. The molecule has 0 spiro atoms. The second-order valence-electron chi connectivity index (χ2n) is 9.16. The Bertz CT molecular complexity index is 1050. The van der Waals surface area contributed by atoms with E-state index in [1.165, 1.54) is 11.3 Å². The average Bonchev–Trinajstić information content (AvgIpc) is 3.05. The lowest BCUT2D eigenvalue weighted by atomic mass is 9.87.